The molecule has 0 saturated carbocycles. The Morgan fingerprint density at radius 3 is 2.11 bits per heavy atom. The molecule has 0 aromatic carbocycles. The number of nitrogens with one attached hydrogen (secondary N) is 1. The van der Waals surface area contributed by atoms with Gasteiger partial charge in [0.25, 0.3) is 0 Å². The molecule has 102 valence electrons. The van der Waals surface area contributed by atoms with Crippen molar-refractivity contribution in [3.8, 4) is 0 Å². The van der Waals surface area contributed by atoms with E-state index in [9.17, 15) is 14.4 Å². The topological polar surface area (TPSA) is 84.9 Å². The fourth-order valence-electron chi connectivity index (χ4n) is 1.88. The van der Waals surface area contributed by atoms with Gasteiger partial charge in [-0.3, -0.25) is 19.4 Å². The van der Waals surface area contributed by atoms with Crippen LogP contribution in [0.25, 0.3) is 0 Å². The Morgan fingerprint density at radius 1 is 1.11 bits per heavy atom. The highest BCUT2D eigenvalue weighted by molar-refractivity contribution is 5.73. The summed E-state index contributed by atoms with van der Waals surface area (Å²) in [6.07, 6.45) is -1.27. The molecule has 0 spiro atoms. The number of hydrogen-bond donors (Lipinski definition) is 1. The van der Waals surface area contributed by atoms with Crippen LogP contribution >= 0.6 is 0 Å². The summed E-state index contributed by atoms with van der Waals surface area (Å²) in [6.45, 7) is 5.86. The van der Waals surface area contributed by atoms with Gasteiger partial charge in [-0.1, -0.05) is 0 Å². The van der Waals surface area contributed by atoms with Gasteiger partial charge in [0, 0.05) is 20.8 Å². The van der Waals surface area contributed by atoms with Crippen molar-refractivity contribution in [2.75, 3.05) is 6.54 Å². The van der Waals surface area contributed by atoms with E-state index in [1.807, 2.05) is 0 Å². The second-order valence-corrected chi connectivity index (χ2v) is 4.27. The number of esters is 2. The number of nitrogens with zero attached hydrogens (tertiary/aromatic N) is 1. The van der Waals surface area contributed by atoms with E-state index in [0.29, 0.717) is 0 Å². The predicted octanol–water partition coefficient (Wildman–Crippen LogP) is -0.395. The molecule has 0 aromatic heterocycles. The van der Waals surface area contributed by atoms with Crippen LogP contribution in [0.5, 0.6) is 0 Å². The fourth-order valence-corrected chi connectivity index (χ4v) is 1.88. The van der Waals surface area contributed by atoms with Crippen LogP contribution in [0.3, 0.4) is 0 Å². The van der Waals surface area contributed by atoms with Gasteiger partial charge in [0.15, 0.2) is 12.2 Å². The first-order chi connectivity index (χ1) is 8.31. The number of rotatable bonds is 2. The third kappa shape index (κ3) is 3.69. The van der Waals surface area contributed by atoms with Gasteiger partial charge in [0.1, 0.15) is 0 Å². The Bertz CT molecular complexity index is 357. The Labute approximate surface area is 105 Å². The molecule has 1 aliphatic heterocycles. The van der Waals surface area contributed by atoms with E-state index >= 15 is 0 Å². The first kappa shape index (κ1) is 14.4. The van der Waals surface area contributed by atoms with Crippen LogP contribution < -0.4 is 5.43 Å². The summed E-state index contributed by atoms with van der Waals surface area (Å²) in [4.78, 5) is 33.4. The van der Waals surface area contributed by atoms with Crippen molar-refractivity contribution in [3.63, 3.8) is 0 Å². The van der Waals surface area contributed by atoms with Crippen molar-refractivity contribution >= 4 is 17.8 Å². The number of ether oxygens (including phenoxy) is 2. The molecule has 0 radical (unpaired) electrons. The number of carbonyl (C=O) groups is 3. The van der Waals surface area contributed by atoms with Gasteiger partial charge in [-0.15, -0.1) is 0 Å². The van der Waals surface area contributed by atoms with Crippen molar-refractivity contribution in [1.29, 1.82) is 0 Å². The average molecular weight is 258 g/mol. The summed E-state index contributed by atoms with van der Waals surface area (Å²) < 4.78 is 10.2. The summed E-state index contributed by atoms with van der Waals surface area (Å²) in [5.41, 5.74) is 2.89. The summed E-state index contributed by atoms with van der Waals surface area (Å²) in [5.74, 6) is -1.13. The standard InChI is InChI=1S/C11H18N2O5/c1-6-11(18-9(4)16)10(17-8(3)15)5-13(12-6)7(2)14/h6,10-12H,5H2,1-4H3. The van der Waals surface area contributed by atoms with Crippen molar-refractivity contribution in [1.82, 2.24) is 10.4 Å². The van der Waals surface area contributed by atoms with Crippen LogP contribution in [0, 0.1) is 0 Å². The molecule has 1 N–H and O–H groups in total. The van der Waals surface area contributed by atoms with Crippen molar-refractivity contribution < 1.29 is 23.9 Å². The van der Waals surface area contributed by atoms with E-state index in [1.54, 1.807) is 6.92 Å². The number of hydrogen-bond acceptors (Lipinski definition) is 6. The molecule has 1 fully saturated rings. The second-order valence-electron chi connectivity index (χ2n) is 4.27. The Morgan fingerprint density at radius 2 is 1.67 bits per heavy atom. The average Bonchev–Trinajstić information content (AvgIpc) is 2.21. The fraction of sp³-hybridized carbons (Fsp3) is 0.727. The van der Waals surface area contributed by atoms with Crippen LogP contribution in [-0.2, 0) is 23.9 Å². The van der Waals surface area contributed by atoms with E-state index in [1.165, 1.54) is 25.8 Å². The van der Waals surface area contributed by atoms with Crippen LogP contribution in [0.2, 0.25) is 0 Å². The lowest BCUT2D eigenvalue weighted by Gasteiger charge is -2.41. The van der Waals surface area contributed by atoms with E-state index in [2.05, 4.69) is 5.43 Å². The molecule has 1 saturated heterocycles. The third-order valence-electron chi connectivity index (χ3n) is 2.58. The molecule has 3 atom stereocenters. The molecule has 1 aliphatic rings. The minimum atomic E-state index is -0.661. The summed E-state index contributed by atoms with van der Waals surface area (Å²) >= 11 is 0. The van der Waals surface area contributed by atoms with Gasteiger partial charge in [-0.25, -0.2) is 5.43 Å². The summed E-state index contributed by atoms with van der Waals surface area (Å²) in [7, 11) is 0. The van der Waals surface area contributed by atoms with Gasteiger partial charge in [-0.2, -0.15) is 0 Å². The van der Waals surface area contributed by atoms with Crippen molar-refractivity contribution in [3.05, 3.63) is 0 Å². The summed E-state index contributed by atoms with van der Waals surface area (Å²) in [6, 6.07) is -0.323. The Kier molecular flexibility index (Phi) is 4.66. The van der Waals surface area contributed by atoms with Crippen LogP contribution in [-0.4, -0.2) is 47.6 Å². The first-order valence-corrected chi connectivity index (χ1v) is 5.70. The van der Waals surface area contributed by atoms with Crippen LogP contribution in [0.4, 0.5) is 0 Å². The van der Waals surface area contributed by atoms with Crippen molar-refractivity contribution in [2.24, 2.45) is 0 Å². The van der Waals surface area contributed by atoms with Crippen molar-refractivity contribution in [2.45, 2.75) is 45.9 Å². The maximum atomic E-state index is 11.3. The molecule has 1 heterocycles. The van der Waals surface area contributed by atoms with Gasteiger partial charge in [0.2, 0.25) is 5.91 Å². The number of carbonyl (C=O) groups excluding carboxylic acids is 3. The van der Waals surface area contributed by atoms with Gasteiger partial charge in [-0.05, 0) is 6.92 Å². The molecule has 0 aromatic rings. The Balaban J connectivity index is 2.82. The maximum absolute atomic E-state index is 11.3. The molecule has 1 rings (SSSR count). The van der Waals surface area contributed by atoms with Crippen LogP contribution in [0.1, 0.15) is 27.7 Å². The number of hydrazine groups is 1. The molecule has 3 unspecified atom stereocenters. The predicted molar refractivity (Wildman–Crippen MR) is 61.1 cm³/mol. The molecular formula is C11H18N2O5. The SMILES string of the molecule is CC(=O)OC1CN(C(C)=O)NC(C)C1OC(C)=O. The zero-order valence-corrected chi connectivity index (χ0v) is 10.9. The molecule has 0 bridgehead atoms. The molecule has 18 heavy (non-hydrogen) atoms. The highest BCUT2D eigenvalue weighted by atomic mass is 16.6. The first-order valence-electron chi connectivity index (χ1n) is 5.70. The normalized spacial score (nSPS) is 27.6. The molecular weight excluding hydrogens is 240 g/mol. The van der Waals surface area contributed by atoms with Gasteiger partial charge >= 0.3 is 11.9 Å². The molecule has 7 nitrogen and oxygen atoms in total. The second kappa shape index (κ2) is 5.81. The zero-order valence-electron chi connectivity index (χ0n) is 10.9. The largest absolute Gasteiger partial charge is 0.457 e. The molecule has 7 heteroatoms. The minimum Gasteiger partial charge on any atom is -0.457 e. The molecule has 1 amide bonds. The molecule has 0 aliphatic carbocycles. The van der Waals surface area contributed by atoms with Gasteiger partial charge in [0.05, 0.1) is 12.6 Å². The highest BCUT2D eigenvalue weighted by Gasteiger charge is 2.39. The zero-order chi connectivity index (χ0) is 13.9. The lowest BCUT2D eigenvalue weighted by Crippen LogP contribution is -2.64. The summed E-state index contributed by atoms with van der Waals surface area (Å²) in [5, 5.41) is 1.35. The minimum absolute atomic E-state index is 0.150. The Hall–Kier alpha value is -1.63. The number of amides is 1. The quantitative estimate of drug-likeness (QED) is 0.679. The van der Waals surface area contributed by atoms with Crippen LogP contribution in [0.15, 0.2) is 0 Å². The van der Waals surface area contributed by atoms with Gasteiger partial charge < -0.3 is 9.47 Å². The highest BCUT2D eigenvalue weighted by Crippen LogP contribution is 2.16. The van der Waals surface area contributed by atoms with E-state index in [-0.39, 0.29) is 18.5 Å². The van der Waals surface area contributed by atoms with E-state index < -0.39 is 24.1 Å². The lowest BCUT2D eigenvalue weighted by molar-refractivity contribution is -0.180. The smallest absolute Gasteiger partial charge is 0.303 e. The van der Waals surface area contributed by atoms with E-state index in [4.69, 9.17) is 9.47 Å². The third-order valence-corrected chi connectivity index (χ3v) is 2.58. The maximum Gasteiger partial charge on any atom is 0.303 e. The monoisotopic (exact) mass is 258 g/mol. The lowest BCUT2D eigenvalue weighted by atomic mass is 10.0. The van der Waals surface area contributed by atoms with E-state index in [0.717, 1.165) is 0 Å².